The molecule has 0 aromatic heterocycles. The maximum Gasteiger partial charge on any atom is 0.239 e. The molecule has 19 heavy (non-hydrogen) atoms. The highest BCUT2D eigenvalue weighted by atomic mass is 16.2. The SMILES string of the molecule is CC1CCNC1C(=O)N1CCCC(C(C)(C)C)CC1. The van der Waals surface area contributed by atoms with E-state index in [1.54, 1.807) is 0 Å². The third kappa shape index (κ3) is 3.50. The van der Waals surface area contributed by atoms with Crippen LogP contribution in [0.2, 0.25) is 0 Å². The Morgan fingerprint density at radius 2 is 1.89 bits per heavy atom. The lowest BCUT2D eigenvalue weighted by molar-refractivity contribution is -0.133. The van der Waals surface area contributed by atoms with E-state index in [0.29, 0.717) is 17.2 Å². The molecule has 2 rings (SSSR count). The van der Waals surface area contributed by atoms with Gasteiger partial charge in [-0.15, -0.1) is 0 Å². The lowest BCUT2D eigenvalue weighted by Crippen LogP contribution is -2.46. The van der Waals surface area contributed by atoms with Crippen LogP contribution in [0.1, 0.15) is 53.4 Å². The molecule has 2 fully saturated rings. The van der Waals surface area contributed by atoms with Gasteiger partial charge in [0.2, 0.25) is 5.91 Å². The van der Waals surface area contributed by atoms with Crippen molar-refractivity contribution in [3.05, 3.63) is 0 Å². The van der Waals surface area contributed by atoms with Gasteiger partial charge < -0.3 is 10.2 Å². The predicted molar refractivity (Wildman–Crippen MR) is 78.9 cm³/mol. The fourth-order valence-corrected chi connectivity index (χ4v) is 3.54. The molecule has 1 amide bonds. The standard InChI is InChI=1S/C16H30N2O/c1-12-7-9-17-14(12)15(19)18-10-5-6-13(8-11-18)16(2,3)4/h12-14,17H,5-11H2,1-4H3. The molecule has 1 N–H and O–H groups in total. The maximum atomic E-state index is 12.6. The summed E-state index contributed by atoms with van der Waals surface area (Å²) in [5, 5.41) is 3.37. The van der Waals surface area contributed by atoms with Crippen LogP contribution in [0.15, 0.2) is 0 Å². The van der Waals surface area contributed by atoms with E-state index in [0.717, 1.165) is 44.8 Å². The van der Waals surface area contributed by atoms with Crippen molar-refractivity contribution < 1.29 is 4.79 Å². The van der Waals surface area contributed by atoms with Crippen molar-refractivity contribution >= 4 is 5.91 Å². The van der Waals surface area contributed by atoms with Crippen molar-refractivity contribution in [2.45, 2.75) is 59.4 Å². The molecule has 2 saturated heterocycles. The largest absolute Gasteiger partial charge is 0.341 e. The fraction of sp³-hybridized carbons (Fsp3) is 0.938. The first kappa shape index (κ1) is 14.8. The fourth-order valence-electron chi connectivity index (χ4n) is 3.54. The average Bonchev–Trinajstić information content (AvgIpc) is 2.62. The first-order valence-corrected chi connectivity index (χ1v) is 7.92. The molecule has 3 heteroatoms. The normalized spacial score (nSPS) is 33.3. The molecule has 2 heterocycles. The minimum absolute atomic E-state index is 0.0752. The summed E-state index contributed by atoms with van der Waals surface area (Å²) in [5.41, 5.74) is 0.373. The molecule has 0 radical (unpaired) electrons. The van der Waals surface area contributed by atoms with Crippen molar-refractivity contribution in [2.75, 3.05) is 19.6 Å². The predicted octanol–water partition coefficient (Wildman–Crippen LogP) is 2.66. The minimum Gasteiger partial charge on any atom is -0.341 e. The quantitative estimate of drug-likeness (QED) is 0.791. The molecule has 0 aromatic carbocycles. The van der Waals surface area contributed by atoms with Crippen LogP contribution in [0.3, 0.4) is 0 Å². The van der Waals surface area contributed by atoms with Gasteiger partial charge in [-0.05, 0) is 49.5 Å². The van der Waals surface area contributed by atoms with Gasteiger partial charge in [-0.2, -0.15) is 0 Å². The van der Waals surface area contributed by atoms with E-state index < -0.39 is 0 Å². The first-order valence-electron chi connectivity index (χ1n) is 7.92. The van der Waals surface area contributed by atoms with Crippen LogP contribution in [0.5, 0.6) is 0 Å². The van der Waals surface area contributed by atoms with Crippen molar-refractivity contribution in [2.24, 2.45) is 17.3 Å². The number of likely N-dealkylation sites (tertiary alicyclic amines) is 1. The zero-order valence-corrected chi connectivity index (χ0v) is 13.0. The lowest BCUT2D eigenvalue weighted by atomic mass is 9.77. The molecule has 3 nitrogen and oxygen atoms in total. The highest BCUT2D eigenvalue weighted by Gasteiger charge is 2.34. The summed E-state index contributed by atoms with van der Waals surface area (Å²) in [4.78, 5) is 14.7. The molecule has 2 aliphatic rings. The number of amides is 1. The second kappa shape index (κ2) is 5.82. The van der Waals surface area contributed by atoms with Gasteiger partial charge in [0.15, 0.2) is 0 Å². The molecule has 0 saturated carbocycles. The Hall–Kier alpha value is -0.570. The maximum absolute atomic E-state index is 12.6. The Morgan fingerprint density at radius 3 is 2.47 bits per heavy atom. The lowest BCUT2D eigenvalue weighted by Gasteiger charge is -2.30. The first-order chi connectivity index (χ1) is 8.89. The van der Waals surface area contributed by atoms with Crippen LogP contribution >= 0.6 is 0 Å². The minimum atomic E-state index is 0.0752. The van der Waals surface area contributed by atoms with E-state index in [4.69, 9.17) is 0 Å². The smallest absolute Gasteiger partial charge is 0.239 e. The summed E-state index contributed by atoms with van der Waals surface area (Å²) in [6, 6.07) is 0.0752. The van der Waals surface area contributed by atoms with E-state index in [9.17, 15) is 4.79 Å². The molecular formula is C16H30N2O. The van der Waals surface area contributed by atoms with Crippen LogP contribution in [-0.4, -0.2) is 36.5 Å². The van der Waals surface area contributed by atoms with Crippen LogP contribution < -0.4 is 5.32 Å². The van der Waals surface area contributed by atoms with E-state index in [-0.39, 0.29) is 6.04 Å². The average molecular weight is 266 g/mol. The molecule has 3 atom stereocenters. The summed E-state index contributed by atoms with van der Waals surface area (Å²) in [7, 11) is 0. The number of rotatable bonds is 1. The zero-order valence-electron chi connectivity index (χ0n) is 13.0. The third-order valence-corrected chi connectivity index (χ3v) is 5.06. The molecule has 0 spiro atoms. The highest BCUT2D eigenvalue weighted by molar-refractivity contribution is 5.82. The van der Waals surface area contributed by atoms with Crippen LogP contribution in [0.25, 0.3) is 0 Å². The summed E-state index contributed by atoms with van der Waals surface area (Å²) >= 11 is 0. The van der Waals surface area contributed by atoms with E-state index in [1.165, 1.54) is 6.42 Å². The number of carbonyl (C=O) groups is 1. The third-order valence-electron chi connectivity index (χ3n) is 5.06. The summed E-state index contributed by atoms with van der Waals surface area (Å²) in [6.07, 6.45) is 4.72. The number of hydrogen-bond acceptors (Lipinski definition) is 2. The molecule has 0 bridgehead atoms. The summed E-state index contributed by atoms with van der Waals surface area (Å²) in [5.74, 6) is 1.59. The van der Waals surface area contributed by atoms with Gasteiger partial charge in [0.1, 0.15) is 0 Å². The van der Waals surface area contributed by atoms with Crippen LogP contribution in [0.4, 0.5) is 0 Å². The van der Waals surface area contributed by atoms with Crippen molar-refractivity contribution in [1.82, 2.24) is 10.2 Å². The number of nitrogens with one attached hydrogen (secondary N) is 1. The van der Waals surface area contributed by atoms with Gasteiger partial charge in [-0.3, -0.25) is 4.79 Å². The number of carbonyl (C=O) groups excluding carboxylic acids is 1. The van der Waals surface area contributed by atoms with Gasteiger partial charge in [0.05, 0.1) is 6.04 Å². The number of nitrogens with zero attached hydrogens (tertiary/aromatic N) is 1. The second-order valence-corrected chi connectivity index (χ2v) is 7.52. The molecule has 2 aliphatic heterocycles. The van der Waals surface area contributed by atoms with Crippen LogP contribution in [-0.2, 0) is 4.79 Å². The van der Waals surface area contributed by atoms with Crippen molar-refractivity contribution in [3.8, 4) is 0 Å². The Balaban J connectivity index is 1.94. The molecule has 0 aromatic rings. The summed E-state index contributed by atoms with van der Waals surface area (Å²) < 4.78 is 0. The highest BCUT2D eigenvalue weighted by Crippen LogP contribution is 2.34. The van der Waals surface area contributed by atoms with E-state index >= 15 is 0 Å². The summed E-state index contributed by atoms with van der Waals surface area (Å²) in [6.45, 7) is 12.1. The molecule has 110 valence electrons. The molecule has 3 unspecified atom stereocenters. The Morgan fingerprint density at radius 1 is 1.16 bits per heavy atom. The Kier molecular flexibility index (Phi) is 4.54. The van der Waals surface area contributed by atoms with Crippen LogP contribution in [0, 0.1) is 17.3 Å². The van der Waals surface area contributed by atoms with Gasteiger partial charge in [0.25, 0.3) is 0 Å². The van der Waals surface area contributed by atoms with Crippen molar-refractivity contribution in [1.29, 1.82) is 0 Å². The van der Waals surface area contributed by atoms with Gasteiger partial charge in [-0.25, -0.2) is 0 Å². The Bertz CT molecular complexity index is 321. The topological polar surface area (TPSA) is 32.3 Å². The monoisotopic (exact) mass is 266 g/mol. The Labute approximate surface area is 118 Å². The zero-order chi connectivity index (χ0) is 14.0. The second-order valence-electron chi connectivity index (χ2n) is 7.52. The van der Waals surface area contributed by atoms with Gasteiger partial charge in [-0.1, -0.05) is 27.7 Å². The van der Waals surface area contributed by atoms with Gasteiger partial charge in [0, 0.05) is 13.1 Å². The van der Waals surface area contributed by atoms with E-state index in [2.05, 4.69) is 37.9 Å². The van der Waals surface area contributed by atoms with E-state index in [1.807, 2.05) is 0 Å². The van der Waals surface area contributed by atoms with Gasteiger partial charge >= 0.3 is 0 Å². The van der Waals surface area contributed by atoms with Crippen molar-refractivity contribution in [3.63, 3.8) is 0 Å². The molecular weight excluding hydrogens is 236 g/mol. The number of hydrogen-bond donors (Lipinski definition) is 1. The molecule has 0 aliphatic carbocycles.